The fourth-order valence-corrected chi connectivity index (χ4v) is 1.44. The van der Waals surface area contributed by atoms with Crippen molar-refractivity contribution in [3.8, 4) is 0 Å². The number of carbonyl (C=O) groups is 1. The summed E-state index contributed by atoms with van der Waals surface area (Å²) in [5.74, 6) is 0.248. The van der Waals surface area contributed by atoms with Gasteiger partial charge < -0.3 is 4.74 Å². The molecule has 2 nitrogen and oxygen atoms in total. The van der Waals surface area contributed by atoms with Crippen molar-refractivity contribution in [2.24, 2.45) is 0 Å². The zero-order valence-electron chi connectivity index (χ0n) is 9.45. The summed E-state index contributed by atoms with van der Waals surface area (Å²) in [4.78, 5) is 11.6. The number of hydrogen-bond donors (Lipinski definition) is 0. The number of Topliss-reactive ketones (excluding diaryl/α,β-unsaturated/α-hetero) is 1. The topological polar surface area (TPSA) is 26.3 Å². The molecule has 1 aromatic rings. The average molecular weight is 206 g/mol. The highest BCUT2D eigenvalue weighted by atomic mass is 16.5. The van der Waals surface area contributed by atoms with E-state index in [2.05, 4.69) is 0 Å². The zero-order valence-corrected chi connectivity index (χ0v) is 9.45. The van der Waals surface area contributed by atoms with E-state index in [9.17, 15) is 4.79 Å². The van der Waals surface area contributed by atoms with Crippen LogP contribution in [0.3, 0.4) is 0 Å². The maximum atomic E-state index is 11.6. The minimum Gasteiger partial charge on any atom is -0.381 e. The van der Waals surface area contributed by atoms with Gasteiger partial charge in [0, 0.05) is 19.4 Å². The van der Waals surface area contributed by atoms with E-state index in [1.54, 1.807) is 0 Å². The molecule has 0 heterocycles. The van der Waals surface area contributed by atoms with E-state index in [1.807, 2.05) is 38.1 Å². The zero-order chi connectivity index (χ0) is 11.1. The maximum Gasteiger partial charge on any atom is 0.139 e. The van der Waals surface area contributed by atoms with Crippen molar-refractivity contribution in [1.29, 1.82) is 0 Å². The molecule has 0 amide bonds. The van der Waals surface area contributed by atoms with E-state index in [0.717, 1.165) is 5.56 Å². The number of hydrogen-bond acceptors (Lipinski definition) is 2. The highest BCUT2D eigenvalue weighted by Gasteiger charge is 2.05. The first-order valence-corrected chi connectivity index (χ1v) is 5.38. The molecule has 15 heavy (non-hydrogen) atoms. The predicted octanol–water partition coefficient (Wildman–Crippen LogP) is 2.53. The van der Waals surface area contributed by atoms with Crippen molar-refractivity contribution < 1.29 is 9.53 Å². The molecule has 0 N–H and O–H groups in total. The van der Waals surface area contributed by atoms with Gasteiger partial charge >= 0.3 is 0 Å². The second-order valence-electron chi connectivity index (χ2n) is 3.59. The van der Waals surface area contributed by atoms with Crippen LogP contribution >= 0.6 is 0 Å². The van der Waals surface area contributed by atoms with Gasteiger partial charge in [0.2, 0.25) is 0 Å². The molecule has 2 heteroatoms. The lowest BCUT2D eigenvalue weighted by molar-refractivity contribution is -0.119. The smallest absolute Gasteiger partial charge is 0.139 e. The van der Waals surface area contributed by atoms with Crippen molar-refractivity contribution >= 4 is 5.78 Å². The number of benzene rings is 1. The van der Waals surface area contributed by atoms with Crippen molar-refractivity contribution in [2.75, 3.05) is 13.2 Å². The van der Waals surface area contributed by atoms with Crippen LogP contribution < -0.4 is 0 Å². The second kappa shape index (κ2) is 6.36. The molecule has 0 saturated heterocycles. The first-order valence-electron chi connectivity index (χ1n) is 5.38. The van der Waals surface area contributed by atoms with Crippen LogP contribution in [0.15, 0.2) is 24.3 Å². The molecule has 82 valence electrons. The van der Waals surface area contributed by atoms with Crippen LogP contribution in [0.1, 0.15) is 24.5 Å². The molecule has 0 aliphatic rings. The molecule has 0 aromatic heterocycles. The first-order chi connectivity index (χ1) is 7.24. The lowest BCUT2D eigenvalue weighted by atomic mass is 10.0. The van der Waals surface area contributed by atoms with Crippen LogP contribution in [-0.4, -0.2) is 19.0 Å². The van der Waals surface area contributed by atoms with Gasteiger partial charge in [-0.3, -0.25) is 4.79 Å². The van der Waals surface area contributed by atoms with Gasteiger partial charge in [-0.05, 0) is 25.0 Å². The van der Waals surface area contributed by atoms with Gasteiger partial charge in [0.05, 0.1) is 6.61 Å². The molecular formula is C13H18O2. The molecule has 0 bridgehead atoms. The fourth-order valence-electron chi connectivity index (χ4n) is 1.44. The highest BCUT2D eigenvalue weighted by Crippen LogP contribution is 2.08. The van der Waals surface area contributed by atoms with Crippen molar-refractivity contribution in [3.63, 3.8) is 0 Å². The summed E-state index contributed by atoms with van der Waals surface area (Å²) >= 11 is 0. The van der Waals surface area contributed by atoms with E-state index in [1.165, 1.54) is 5.56 Å². The molecule has 0 unspecified atom stereocenters. The van der Waals surface area contributed by atoms with Crippen LogP contribution in [0, 0.1) is 6.92 Å². The molecule has 0 aliphatic heterocycles. The molecule has 0 radical (unpaired) electrons. The molecule has 0 fully saturated rings. The summed E-state index contributed by atoms with van der Waals surface area (Å²) in [6.07, 6.45) is 1.04. The van der Waals surface area contributed by atoms with Crippen LogP contribution in [0.4, 0.5) is 0 Å². The minimum atomic E-state index is 0.248. The van der Waals surface area contributed by atoms with Gasteiger partial charge in [0.15, 0.2) is 0 Å². The van der Waals surface area contributed by atoms with Crippen molar-refractivity contribution in [1.82, 2.24) is 0 Å². The van der Waals surface area contributed by atoms with E-state index in [-0.39, 0.29) is 5.78 Å². The standard InChI is InChI=1S/C13H18O2/c1-3-15-9-8-13(14)10-12-7-5-4-6-11(12)2/h4-7H,3,8-10H2,1-2H3. The largest absolute Gasteiger partial charge is 0.381 e. The molecular weight excluding hydrogens is 188 g/mol. The Hall–Kier alpha value is -1.15. The van der Waals surface area contributed by atoms with Crippen LogP contribution in [-0.2, 0) is 16.0 Å². The van der Waals surface area contributed by atoms with Gasteiger partial charge in [-0.25, -0.2) is 0 Å². The van der Waals surface area contributed by atoms with Crippen LogP contribution in [0.5, 0.6) is 0 Å². The molecule has 0 atom stereocenters. The summed E-state index contributed by atoms with van der Waals surface area (Å²) in [6.45, 7) is 5.19. The van der Waals surface area contributed by atoms with Gasteiger partial charge in [-0.15, -0.1) is 0 Å². The monoisotopic (exact) mass is 206 g/mol. The highest BCUT2D eigenvalue weighted by molar-refractivity contribution is 5.81. The number of rotatable bonds is 6. The quantitative estimate of drug-likeness (QED) is 0.668. The van der Waals surface area contributed by atoms with Crippen LogP contribution in [0.25, 0.3) is 0 Å². The Balaban J connectivity index is 2.41. The summed E-state index contributed by atoms with van der Waals surface area (Å²) in [5, 5.41) is 0. The number of aryl methyl sites for hydroxylation is 1. The SMILES string of the molecule is CCOCCC(=O)Cc1ccccc1C. The third kappa shape index (κ3) is 4.26. The van der Waals surface area contributed by atoms with Gasteiger partial charge in [0.1, 0.15) is 5.78 Å². The third-order valence-electron chi connectivity index (χ3n) is 2.38. The number of ether oxygens (including phenoxy) is 1. The lowest BCUT2D eigenvalue weighted by Crippen LogP contribution is -2.08. The maximum absolute atomic E-state index is 11.6. The second-order valence-corrected chi connectivity index (χ2v) is 3.59. The number of carbonyl (C=O) groups excluding carboxylic acids is 1. The molecule has 1 rings (SSSR count). The Morgan fingerprint density at radius 3 is 2.73 bits per heavy atom. The van der Waals surface area contributed by atoms with E-state index in [0.29, 0.717) is 26.1 Å². The third-order valence-corrected chi connectivity index (χ3v) is 2.38. The summed E-state index contributed by atoms with van der Waals surface area (Å²) < 4.78 is 5.15. The normalized spacial score (nSPS) is 10.3. The summed E-state index contributed by atoms with van der Waals surface area (Å²) in [6, 6.07) is 8.00. The lowest BCUT2D eigenvalue weighted by Gasteiger charge is -2.04. The Morgan fingerprint density at radius 2 is 2.07 bits per heavy atom. The van der Waals surface area contributed by atoms with E-state index >= 15 is 0 Å². The molecule has 0 spiro atoms. The van der Waals surface area contributed by atoms with Gasteiger partial charge in [0.25, 0.3) is 0 Å². The molecule has 0 aliphatic carbocycles. The molecule has 0 saturated carbocycles. The van der Waals surface area contributed by atoms with Crippen molar-refractivity contribution in [3.05, 3.63) is 35.4 Å². The summed E-state index contributed by atoms with van der Waals surface area (Å²) in [5.41, 5.74) is 2.31. The fraction of sp³-hybridized carbons (Fsp3) is 0.462. The summed E-state index contributed by atoms with van der Waals surface area (Å²) in [7, 11) is 0. The first kappa shape index (κ1) is 11.9. The van der Waals surface area contributed by atoms with Crippen LogP contribution in [0.2, 0.25) is 0 Å². The minimum absolute atomic E-state index is 0.248. The number of ketones is 1. The Morgan fingerprint density at radius 1 is 1.33 bits per heavy atom. The Bertz CT molecular complexity index is 318. The van der Waals surface area contributed by atoms with Gasteiger partial charge in [-0.1, -0.05) is 24.3 Å². The Labute approximate surface area is 91.3 Å². The Kier molecular flexibility index (Phi) is 5.05. The van der Waals surface area contributed by atoms with Gasteiger partial charge in [-0.2, -0.15) is 0 Å². The average Bonchev–Trinajstić information content (AvgIpc) is 2.22. The van der Waals surface area contributed by atoms with Crippen molar-refractivity contribution in [2.45, 2.75) is 26.7 Å². The van der Waals surface area contributed by atoms with E-state index < -0.39 is 0 Å². The van der Waals surface area contributed by atoms with E-state index in [4.69, 9.17) is 4.74 Å². The predicted molar refractivity (Wildman–Crippen MR) is 61.0 cm³/mol. The molecule has 1 aromatic carbocycles.